The van der Waals surface area contributed by atoms with E-state index in [1.165, 1.54) is 35.0 Å². The second kappa shape index (κ2) is 5.99. The summed E-state index contributed by atoms with van der Waals surface area (Å²) < 4.78 is 8.76. The van der Waals surface area contributed by atoms with Crippen LogP contribution >= 0.6 is 0 Å². The highest BCUT2D eigenvalue weighted by molar-refractivity contribution is 5.79. The molecule has 3 aromatic heterocycles. The fourth-order valence-electron chi connectivity index (χ4n) is 2.30. The number of hydrogen-bond acceptors (Lipinski definition) is 5. The maximum absolute atomic E-state index is 12.3. The smallest absolute Gasteiger partial charge is 0.333 e. The fourth-order valence-corrected chi connectivity index (χ4v) is 2.30. The molecule has 24 heavy (non-hydrogen) atoms. The zero-order chi connectivity index (χ0) is 17.3. The lowest BCUT2D eigenvalue weighted by Gasteiger charge is -2.01. The lowest BCUT2D eigenvalue weighted by molar-refractivity contribution is -0.659. The van der Waals surface area contributed by atoms with Gasteiger partial charge in [0.05, 0.1) is 12.5 Å². The maximum atomic E-state index is 12.3. The van der Waals surface area contributed by atoms with Crippen LogP contribution in [0.3, 0.4) is 0 Å². The van der Waals surface area contributed by atoms with E-state index in [1.54, 1.807) is 19.2 Å². The van der Waals surface area contributed by atoms with Gasteiger partial charge in [-0.2, -0.15) is 5.10 Å². The van der Waals surface area contributed by atoms with Crippen LogP contribution < -0.4 is 21.2 Å². The topological polar surface area (TPSA) is 118 Å². The number of nitrogens with zero attached hydrogens (tertiary/aromatic N) is 4. The highest BCUT2D eigenvalue weighted by Gasteiger charge is 2.21. The lowest BCUT2D eigenvalue weighted by atomic mass is 10.4. The van der Waals surface area contributed by atoms with Crippen LogP contribution in [-0.4, -0.2) is 26.2 Å². The van der Waals surface area contributed by atoms with Crippen molar-refractivity contribution in [3.05, 3.63) is 51.3 Å². The molecule has 1 amide bonds. The average Bonchev–Trinajstić information content (AvgIpc) is 3.21. The molecule has 0 saturated carbocycles. The van der Waals surface area contributed by atoms with Crippen LogP contribution in [0.5, 0.6) is 0 Å². The van der Waals surface area contributed by atoms with Crippen LogP contribution in [0.4, 0.5) is 0 Å². The summed E-state index contributed by atoms with van der Waals surface area (Å²) in [5, 5.41) is 3.77. The SMILES string of the molecule is Cn1c(=O)c2c([nH]c[n+]2CC(=O)NN=Cc2ccco2)n(C)c1=O. The Morgan fingerprint density at radius 2 is 2.21 bits per heavy atom. The van der Waals surface area contributed by atoms with Gasteiger partial charge in [-0.15, -0.1) is 0 Å². The summed E-state index contributed by atoms with van der Waals surface area (Å²) in [6.07, 6.45) is 4.31. The summed E-state index contributed by atoms with van der Waals surface area (Å²) in [6.45, 7) is -0.136. The molecule has 0 radical (unpaired) electrons. The minimum atomic E-state index is -0.485. The van der Waals surface area contributed by atoms with Crippen molar-refractivity contribution >= 4 is 23.3 Å². The highest BCUT2D eigenvalue weighted by atomic mass is 16.3. The van der Waals surface area contributed by atoms with Crippen LogP contribution in [-0.2, 0) is 25.4 Å². The molecule has 0 saturated heterocycles. The van der Waals surface area contributed by atoms with Gasteiger partial charge in [-0.1, -0.05) is 0 Å². The third kappa shape index (κ3) is 2.64. The Morgan fingerprint density at radius 1 is 1.42 bits per heavy atom. The largest absolute Gasteiger partial charge is 0.463 e. The zero-order valence-electron chi connectivity index (χ0n) is 13.0. The van der Waals surface area contributed by atoms with E-state index in [2.05, 4.69) is 15.5 Å². The number of rotatable bonds is 4. The predicted molar refractivity (Wildman–Crippen MR) is 83.4 cm³/mol. The van der Waals surface area contributed by atoms with Gasteiger partial charge < -0.3 is 4.42 Å². The summed E-state index contributed by atoms with van der Waals surface area (Å²) in [5.74, 6) is 0.0681. The number of aryl methyl sites for hydroxylation is 1. The summed E-state index contributed by atoms with van der Waals surface area (Å²) in [6, 6.07) is 3.39. The second-order valence-electron chi connectivity index (χ2n) is 5.11. The van der Waals surface area contributed by atoms with Crippen LogP contribution in [0.2, 0.25) is 0 Å². The number of H-pyrrole nitrogens is 1. The van der Waals surface area contributed by atoms with E-state index in [4.69, 9.17) is 4.42 Å². The first-order chi connectivity index (χ1) is 11.5. The van der Waals surface area contributed by atoms with Gasteiger partial charge in [0.2, 0.25) is 6.33 Å². The number of carbonyl (C=O) groups is 1. The minimum Gasteiger partial charge on any atom is -0.463 e. The number of fused-ring (bicyclic) bond motifs is 1. The molecule has 2 N–H and O–H groups in total. The van der Waals surface area contributed by atoms with Gasteiger partial charge >= 0.3 is 11.2 Å². The number of aromatic nitrogens is 4. The molecule has 0 bridgehead atoms. The van der Waals surface area contributed by atoms with Crippen molar-refractivity contribution < 1.29 is 13.8 Å². The standard InChI is InChI=1S/C14H14N6O4/c1-18-12-11(13(22)19(2)14(18)23)20(8-15-12)7-10(21)17-16-6-9-4-3-5-24-9/h3-6,8H,7H2,1-2H3,(H,17,21)/p+1. The first-order valence-corrected chi connectivity index (χ1v) is 7.01. The van der Waals surface area contributed by atoms with Gasteiger partial charge in [-0.3, -0.25) is 18.7 Å². The molecule has 3 rings (SSSR count). The molecule has 0 aliphatic carbocycles. The van der Waals surface area contributed by atoms with Gasteiger partial charge in [0.25, 0.3) is 17.1 Å². The summed E-state index contributed by atoms with van der Waals surface area (Å²) in [4.78, 5) is 38.9. The molecule has 0 fully saturated rings. The Balaban J connectivity index is 1.84. The van der Waals surface area contributed by atoms with Crippen LogP contribution in [0.25, 0.3) is 11.2 Å². The fraction of sp³-hybridized carbons (Fsp3) is 0.214. The molecule has 10 heteroatoms. The Kier molecular flexibility index (Phi) is 3.86. The van der Waals surface area contributed by atoms with Crippen molar-refractivity contribution in [3.8, 4) is 0 Å². The molecule has 0 unspecified atom stereocenters. The number of aromatic amines is 1. The molecular formula is C14H15N6O4+. The van der Waals surface area contributed by atoms with Gasteiger partial charge in [0.15, 0.2) is 6.54 Å². The molecular weight excluding hydrogens is 316 g/mol. The molecule has 124 valence electrons. The Morgan fingerprint density at radius 3 is 2.92 bits per heavy atom. The number of carbonyl (C=O) groups excluding carboxylic acids is 1. The third-order valence-corrected chi connectivity index (χ3v) is 3.52. The van der Waals surface area contributed by atoms with E-state index in [-0.39, 0.29) is 12.1 Å². The van der Waals surface area contributed by atoms with Gasteiger partial charge in [0.1, 0.15) is 5.76 Å². The van der Waals surface area contributed by atoms with Gasteiger partial charge in [-0.25, -0.2) is 19.8 Å². The van der Waals surface area contributed by atoms with Gasteiger partial charge in [-0.05, 0) is 12.1 Å². The Bertz CT molecular complexity index is 1040. The van der Waals surface area contributed by atoms with E-state index in [1.807, 2.05) is 0 Å². The molecule has 0 atom stereocenters. The number of nitrogens with one attached hydrogen (secondary N) is 2. The predicted octanol–water partition coefficient (Wildman–Crippen LogP) is -1.40. The quantitative estimate of drug-likeness (QED) is 0.347. The lowest BCUT2D eigenvalue weighted by Crippen LogP contribution is -2.46. The van der Waals surface area contributed by atoms with Crippen molar-refractivity contribution in [3.63, 3.8) is 0 Å². The van der Waals surface area contributed by atoms with E-state index in [0.717, 1.165) is 4.57 Å². The first-order valence-electron chi connectivity index (χ1n) is 7.01. The number of amides is 1. The zero-order valence-corrected chi connectivity index (χ0v) is 13.0. The van der Waals surface area contributed by atoms with Crippen LogP contribution in [0, 0.1) is 0 Å². The van der Waals surface area contributed by atoms with Crippen molar-refractivity contribution in [2.45, 2.75) is 6.54 Å². The van der Waals surface area contributed by atoms with Crippen molar-refractivity contribution in [1.29, 1.82) is 0 Å². The number of imidazole rings is 1. The Labute approximate surface area is 134 Å². The van der Waals surface area contributed by atoms with Crippen LogP contribution in [0.1, 0.15) is 5.76 Å². The molecule has 0 aliphatic rings. The monoisotopic (exact) mass is 331 g/mol. The van der Waals surface area contributed by atoms with Crippen molar-refractivity contribution in [2.75, 3.05) is 0 Å². The van der Waals surface area contributed by atoms with Crippen LogP contribution in [0.15, 0.2) is 43.8 Å². The van der Waals surface area contributed by atoms with Gasteiger partial charge in [0, 0.05) is 14.1 Å². The van der Waals surface area contributed by atoms with E-state index < -0.39 is 17.2 Å². The Hall–Kier alpha value is -3.43. The summed E-state index contributed by atoms with van der Waals surface area (Å²) in [7, 11) is 2.92. The minimum absolute atomic E-state index is 0.136. The highest BCUT2D eigenvalue weighted by Crippen LogP contribution is 1.97. The third-order valence-electron chi connectivity index (χ3n) is 3.52. The molecule has 0 aromatic carbocycles. The maximum Gasteiger partial charge on any atom is 0.333 e. The summed E-state index contributed by atoms with van der Waals surface area (Å²) in [5.41, 5.74) is 1.98. The molecule has 3 aromatic rings. The van der Waals surface area contributed by atoms with Crippen molar-refractivity contribution in [2.24, 2.45) is 19.2 Å². The number of furan rings is 1. The molecule has 10 nitrogen and oxygen atoms in total. The van der Waals surface area contributed by atoms with E-state index in [9.17, 15) is 14.4 Å². The molecule has 0 spiro atoms. The van der Waals surface area contributed by atoms with E-state index in [0.29, 0.717) is 11.4 Å². The normalized spacial score (nSPS) is 11.4. The molecule has 3 heterocycles. The first kappa shape index (κ1) is 15.5. The van der Waals surface area contributed by atoms with E-state index >= 15 is 0 Å². The number of hydrazone groups is 1. The number of hydrogen-bond donors (Lipinski definition) is 2. The average molecular weight is 331 g/mol. The second-order valence-corrected chi connectivity index (χ2v) is 5.11. The molecule has 0 aliphatic heterocycles. The summed E-state index contributed by atoms with van der Waals surface area (Å²) >= 11 is 0. The van der Waals surface area contributed by atoms with Crippen molar-refractivity contribution in [1.82, 2.24) is 19.5 Å².